The largest absolute Gasteiger partial charge is 0.493 e. The number of nitrogens with one attached hydrogen (secondary N) is 2. The van der Waals surface area contributed by atoms with Crippen molar-refractivity contribution in [3.05, 3.63) is 65.0 Å². The standard InChI is InChI=1S/C31H33N7O6/c1-19-34-36-28(37-35-19)21-13-11-20(12-14-21)18-32-25(39)10-5-3-2-4-6-17-44-24-9-7-8-22-27(24)31(43)38(30(22)42)23-15-16-26(40)33-29(23)41/h7-9,11-14,23H,2-6,10,15-18H2,1H3,(H,32,39)(H,33,40,41). The van der Waals surface area contributed by atoms with Crippen LogP contribution in [0.4, 0.5) is 0 Å². The van der Waals surface area contributed by atoms with E-state index in [2.05, 4.69) is 31.0 Å². The van der Waals surface area contributed by atoms with Crippen LogP contribution in [0.2, 0.25) is 0 Å². The van der Waals surface area contributed by atoms with Gasteiger partial charge in [-0.05, 0) is 43.9 Å². The first kappa shape index (κ1) is 30.4. The summed E-state index contributed by atoms with van der Waals surface area (Å²) in [5.74, 6) is -0.949. The van der Waals surface area contributed by atoms with Gasteiger partial charge in [0.1, 0.15) is 11.8 Å². The fraction of sp³-hybridized carbons (Fsp3) is 0.387. The average Bonchev–Trinajstić information content (AvgIpc) is 3.28. The Kier molecular flexibility index (Phi) is 9.62. The Morgan fingerprint density at radius 1 is 0.932 bits per heavy atom. The van der Waals surface area contributed by atoms with Crippen LogP contribution in [0.3, 0.4) is 0 Å². The summed E-state index contributed by atoms with van der Waals surface area (Å²) in [6.07, 6.45) is 4.83. The summed E-state index contributed by atoms with van der Waals surface area (Å²) < 4.78 is 5.87. The molecule has 0 bridgehead atoms. The zero-order valence-electron chi connectivity index (χ0n) is 24.4. The SMILES string of the molecule is Cc1nnc(-c2ccc(CNC(=O)CCCCCCCOc3cccc4c3C(=O)N(C3CCC(=O)NC3=O)C4=O)cc2)nn1. The molecule has 3 aromatic rings. The van der Waals surface area contributed by atoms with E-state index in [1.165, 1.54) is 6.07 Å². The number of fused-ring (bicyclic) bond motifs is 1. The molecule has 2 aliphatic rings. The molecule has 5 rings (SSSR count). The van der Waals surface area contributed by atoms with Crippen molar-refractivity contribution >= 4 is 29.5 Å². The first-order chi connectivity index (χ1) is 21.3. The third-order valence-corrected chi connectivity index (χ3v) is 7.52. The van der Waals surface area contributed by atoms with Gasteiger partial charge < -0.3 is 10.1 Å². The van der Waals surface area contributed by atoms with Crippen molar-refractivity contribution in [2.45, 2.75) is 70.9 Å². The number of hydrogen-bond donors (Lipinski definition) is 2. The molecule has 1 fully saturated rings. The first-order valence-electron chi connectivity index (χ1n) is 14.7. The van der Waals surface area contributed by atoms with E-state index in [0.29, 0.717) is 37.0 Å². The smallest absolute Gasteiger partial charge is 0.266 e. The number of piperidine rings is 1. The minimum Gasteiger partial charge on any atom is -0.493 e. The number of carbonyl (C=O) groups excluding carboxylic acids is 5. The number of ether oxygens (including phenoxy) is 1. The second-order valence-electron chi connectivity index (χ2n) is 10.7. The number of unbranched alkanes of at least 4 members (excludes halogenated alkanes) is 4. The van der Waals surface area contributed by atoms with E-state index in [1.54, 1.807) is 19.1 Å². The molecule has 1 saturated heterocycles. The van der Waals surface area contributed by atoms with Crippen LogP contribution in [-0.4, -0.2) is 67.5 Å². The number of amides is 5. The monoisotopic (exact) mass is 599 g/mol. The van der Waals surface area contributed by atoms with Crippen molar-refractivity contribution in [2.24, 2.45) is 0 Å². The number of aromatic nitrogens is 4. The molecule has 13 nitrogen and oxygen atoms in total. The predicted molar refractivity (Wildman–Crippen MR) is 156 cm³/mol. The van der Waals surface area contributed by atoms with Gasteiger partial charge in [0.25, 0.3) is 11.8 Å². The molecule has 1 unspecified atom stereocenters. The highest BCUT2D eigenvalue weighted by Crippen LogP contribution is 2.33. The Morgan fingerprint density at radius 3 is 2.41 bits per heavy atom. The lowest BCUT2D eigenvalue weighted by atomic mass is 10.0. The summed E-state index contributed by atoms with van der Waals surface area (Å²) >= 11 is 0. The minimum atomic E-state index is -1.02. The molecule has 1 atom stereocenters. The van der Waals surface area contributed by atoms with E-state index in [4.69, 9.17) is 4.74 Å². The van der Waals surface area contributed by atoms with Crippen LogP contribution in [0.15, 0.2) is 42.5 Å². The number of hydrogen-bond acceptors (Lipinski definition) is 10. The summed E-state index contributed by atoms with van der Waals surface area (Å²) in [5.41, 5.74) is 2.12. The summed E-state index contributed by atoms with van der Waals surface area (Å²) in [6.45, 7) is 2.52. The number of imide groups is 2. The highest BCUT2D eigenvalue weighted by atomic mass is 16.5. The van der Waals surface area contributed by atoms with Gasteiger partial charge in [0.05, 0.1) is 17.7 Å². The van der Waals surface area contributed by atoms with Gasteiger partial charge in [-0.3, -0.25) is 34.2 Å². The minimum absolute atomic E-state index is 0.00354. The number of nitrogens with zero attached hydrogens (tertiary/aromatic N) is 5. The van der Waals surface area contributed by atoms with Gasteiger partial charge in [0.15, 0.2) is 5.82 Å². The van der Waals surface area contributed by atoms with Crippen LogP contribution in [0.25, 0.3) is 11.4 Å². The number of benzene rings is 2. The topological polar surface area (TPSA) is 173 Å². The first-order valence-corrected chi connectivity index (χ1v) is 14.7. The third kappa shape index (κ3) is 7.10. The molecule has 2 aliphatic heterocycles. The highest BCUT2D eigenvalue weighted by Gasteiger charge is 2.46. The van der Waals surface area contributed by atoms with Crippen molar-refractivity contribution in [1.29, 1.82) is 0 Å². The predicted octanol–water partition coefficient (Wildman–Crippen LogP) is 2.68. The van der Waals surface area contributed by atoms with Gasteiger partial charge in [-0.15, -0.1) is 20.4 Å². The van der Waals surface area contributed by atoms with Crippen LogP contribution in [-0.2, 0) is 20.9 Å². The van der Waals surface area contributed by atoms with E-state index >= 15 is 0 Å². The lowest BCUT2D eigenvalue weighted by Gasteiger charge is -2.27. The van der Waals surface area contributed by atoms with Crippen molar-refractivity contribution < 1.29 is 28.7 Å². The number of aryl methyl sites for hydroxylation is 1. The maximum Gasteiger partial charge on any atom is 0.266 e. The lowest BCUT2D eigenvalue weighted by Crippen LogP contribution is -2.54. The molecule has 5 amide bonds. The molecule has 13 heteroatoms. The van der Waals surface area contributed by atoms with Gasteiger partial charge >= 0.3 is 0 Å². The molecule has 0 spiro atoms. The van der Waals surface area contributed by atoms with Crippen LogP contribution in [0, 0.1) is 6.92 Å². The van der Waals surface area contributed by atoms with E-state index in [1.807, 2.05) is 24.3 Å². The molecule has 1 aromatic heterocycles. The zero-order valence-corrected chi connectivity index (χ0v) is 24.4. The third-order valence-electron chi connectivity index (χ3n) is 7.52. The van der Waals surface area contributed by atoms with Crippen molar-refractivity contribution in [3.8, 4) is 17.1 Å². The normalized spacial score (nSPS) is 16.1. The highest BCUT2D eigenvalue weighted by molar-refractivity contribution is 6.24. The maximum absolute atomic E-state index is 13.1. The average molecular weight is 600 g/mol. The second-order valence-corrected chi connectivity index (χ2v) is 10.7. The molecule has 0 saturated carbocycles. The van der Waals surface area contributed by atoms with Crippen molar-refractivity contribution in [2.75, 3.05) is 6.61 Å². The molecular formula is C31H33N7O6. The van der Waals surface area contributed by atoms with Crippen molar-refractivity contribution in [1.82, 2.24) is 35.9 Å². The summed E-state index contributed by atoms with van der Waals surface area (Å²) in [7, 11) is 0. The number of rotatable bonds is 13. The van der Waals surface area contributed by atoms with E-state index < -0.39 is 29.7 Å². The van der Waals surface area contributed by atoms with Crippen LogP contribution < -0.4 is 15.4 Å². The Bertz CT molecular complexity index is 1560. The molecule has 0 radical (unpaired) electrons. The van der Waals surface area contributed by atoms with E-state index in [9.17, 15) is 24.0 Å². The van der Waals surface area contributed by atoms with E-state index in [0.717, 1.165) is 48.1 Å². The lowest BCUT2D eigenvalue weighted by molar-refractivity contribution is -0.136. The Balaban J connectivity index is 0.977. The Labute approximate surface area is 253 Å². The molecule has 228 valence electrons. The fourth-order valence-corrected chi connectivity index (χ4v) is 5.16. The van der Waals surface area contributed by atoms with Crippen molar-refractivity contribution in [3.63, 3.8) is 0 Å². The van der Waals surface area contributed by atoms with Gasteiger partial charge in [-0.2, -0.15) is 0 Å². The quantitative estimate of drug-likeness (QED) is 0.220. The Hall–Kier alpha value is -5.07. The molecule has 3 heterocycles. The summed E-state index contributed by atoms with van der Waals surface area (Å²) in [6, 6.07) is 11.4. The number of carbonyl (C=O) groups is 5. The van der Waals surface area contributed by atoms with Gasteiger partial charge in [-0.1, -0.05) is 49.6 Å². The molecule has 44 heavy (non-hydrogen) atoms. The van der Waals surface area contributed by atoms with Crippen LogP contribution in [0.5, 0.6) is 5.75 Å². The van der Waals surface area contributed by atoms with Gasteiger partial charge in [-0.25, -0.2) is 0 Å². The maximum atomic E-state index is 13.1. The second kappa shape index (κ2) is 13.9. The van der Waals surface area contributed by atoms with Crippen LogP contribution in [0.1, 0.15) is 83.5 Å². The van der Waals surface area contributed by atoms with Gasteiger partial charge in [0.2, 0.25) is 23.5 Å². The molecular weight excluding hydrogens is 566 g/mol. The summed E-state index contributed by atoms with van der Waals surface area (Å²) in [5, 5.41) is 21.0. The molecule has 2 N–H and O–H groups in total. The van der Waals surface area contributed by atoms with Gasteiger partial charge in [0, 0.05) is 24.9 Å². The Morgan fingerprint density at radius 2 is 1.66 bits per heavy atom. The molecule has 0 aliphatic carbocycles. The molecule has 2 aromatic carbocycles. The summed E-state index contributed by atoms with van der Waals surface area (Å²) in [4.78, 5) is 63.1. The zero-order chi connectivity index (χ0) is 31.1. The van der Waals surface area contributed by atoms with E-state index in [-0.39, 0.29) is 29.9 Å². The fourth-order valence-electron chi connectivity index (χ4n) is 5.16. The van der Waals surface area contributed by atoms with Crippen LogP contribution >= 0.6 is 0 Å².